The predicted octanol–water partition coefficient (Wildman–Crippen LogP) is 2.81. The highest BCUT2D eigenvalue weighted by Gasteiger charge is 2.14. The van der Waals surface area contributed by atoms with Gasteiger partial charge in [-0.15, -0.1) is 0 Å². The van der Waals surface area contributed by atoms with E-state index in [1.165, 1.54) is 0 Å². The van der Waals surface area contributed by atoms with Crippen LogP contribution < -0.4 is 4.74 Å². The molecule has 0 fully saturated rings. The molecule has 0 radical (unpaired) electrons. The number of pyridine rings is 1. The van der Waals surface area contributed by atoms with E-state index >= 15 is 0 Å². The third-order valence-corrected chi connectivity index (χ3v) is 3.37. The van der Waals surface area contributed by atoms with Gasteiger partial charge in [-0.2, -0.15) is 0 Å². The average molecular weight is 313 g/mol. The van der Waals surface area contributed by atoms with Crippen LogP contribution >= 0.6 is 15.9 Å². The van der Waals surface area contributed by atoms with Crippen LogP contribution in [0.1, 0.15) is 26.0 Å². The fourth-order valence-electron chi connectivity index (χ4n) is 1.75. The minimum atomic E-state index is -0.659. The van der Waals surface area contributed by atoms with Gasteiger partial charge in [-0.3, -0.25) is 0 Å². The number of methoxy groups -OCH3 is 1. The molecular formula is C13H17BrN2O2. The Hall–Kier alpha value is -1.07. The highest BCUT2D eigenvalue weighted by molar-refractivity contribution is 9.10. The molecule has 0 aliphatic carbocycles. The smallest absolute Gasteiger partial charge is 0.140 e. The molecule has 0 atom stereocenters. The molecule has 2 aromatic rings. The van der Waals surface area contributed by atoms with Gasteiger partial charge in [0.05, 0.1) is 22.9 Å². The normalized spacial score (nSPS) is 12.1. The fraction of sp³-hybridized carbons (Fsp3) is 0.462. The number of fused-ring (bicyclic) bond motifs is 1. The molecule has 98 valence electrons. The van der Waals surface area contributed by atoms with Crippen LogP contribution in [0.3, 0.4) is 0 Å². The zero-order chi connectivity index (χ0) is 13.3. The Bertz CT molecular complexity index is 558. The van der Waals surface area contributed by atoms with Crippen LogP contribution in [0.5, 0.6) is 5.75 Å². The van der Waals surface area contributed by atoms with E-state index in [-0.39, 0.29) is 0 Å². The van der Waals surface area contributed by atoms with Crippen molar-refractivity contribution in [3.8, 4) is 5.75 Å². The van der Waals surface area contributed by atoms with Crippen LogP contribution in [-0.2, 0) is 6.42 Å². The van der Waals surface area contributed by atoms with Crippen molar-refractivity contribution in [1.82, 2.24) is 9.38 Å². The van der Waals surface area contributed by atoms with E-state index in [1.54, 1.807) is 7.11 Å². The second kappa shape index (κ2) is 4.90. The van der Waals surface area contributed by atoms with Crippen LogP contribution in [0.15, 0.2) is 22.9 Å². The monoisotopic (exact) mass is 312 g/mol. The number of imidazole rings is 1. The van der Waals surface area contributed by atoms with E-state index in [0.29, 0.717) is 6.42 Å². The molecule has 0 amide bonds. The average Bonchev–Trinajstić information content (AvgIpc) is 2.66. The second-order valence-electron chi connectivity index (χ2n) is 5.00. The maximum atomic E-state index is 9.72. The van der Waals surface area contributed by atoms with E-state index in [2.05, 4.69) is 20.9 Å². The minimum absolute atomic E-state index is 0.659. The lowest BCUT2D eigenvalue weighted by atomic mass is 10.0. The number of rotatable bonds is 4. The summed E-state index contributed by atoms with van der Waals surface area (Å²) in [5.41, 5.74) is 1.16. The summed E-state index contributed by atoms with van der Waals surface area (Å²) in [4.78, 5) is 4.52. The summed E-state index contributed by atoms with van der Waals surface area (Å²) in [6.07, 6.45) is 5.35. The quantitative estimate of drug-likeness (QED) is 0.944. The van der Waals surface area contributed by atoms with Crippen LogP contribution in [0.2, 0.25) is 0 Å². The molecule has 0 aliphatic rings. The van der Waals surface area contributed by atoms with Crippen molar-refractivity contribution in [2.24, 2.45) is 0 Å². The van der Waals surface area contributed by atoms with Gasteiger partial charge in [-0.05, 0) is 42.6 Å². The van der Waals surface area contributed by atoms with Gasteiger partial charge in [0.25, 0.3) is 0 Å². The number of halogens is 1. The highest BCUT2D eigenvalue weighted by Crippen LogP contribution is 2.26. The maximum absolute atomic E-state index is 9.72. The number of hydrogen-bond donors (Lipinski definition) is 1. The molecule has 4 nitrogen and oxygen atoms in total. The number of aliphatic hydroxyl groups is 1. The van der Waals surface area contributed by atoms with Crippen LogP contribution in [0.25, 0.3) is 5.65 Å². The van der Waals surface area contributed by atoms with Gasteiger partial charge >= 0.3 is 0 Å². The van der Waals surface area contributed by atoms with Crippen molar-refractivity contribution in [3.63, 3.8) is 0 Å². The lowest BCUT2D eigenvalue weighted by molar-refractivity contribution is 0.0711. The molecule has 5 heteroatoms. The molecule has 0 aromatic carbocycles. The van der Waals surface area contributed by atoms with Crippen LogP contribution in [-0.4, -0.2) is 27.2 Å². The Morgan fingerprint density at radius 3 is 2.78 bits per heavy atom. The SMILES string of the molecule is COc1cc2nc(CCC(C)(C)O)cn2cc1Br. The Morgan fingerprint density at radius 1 is 1.44 bits per heavy atom. The first-order chi connectivity index (χ1) is 8.39. The molecule has 0 saturated carbocycles. The van der Waals surface area contributed by atoms with Crippen molar-refractivity contribution in [2.45, 2.75) is 32.3 Å². The van der Waals surface area contributed by atoms with Crippen molar-refractivity contribution in [2.75, 3.05) is 7.11 Å². The molecule has 0 spiro atoms. The molecular weight excluding hydrogens is 296 g/mol. The molecule has 18 heavy (non-hydrogen) atoms. The summed E-state index contributed by atoms with van der Waals surface area (Å²) >= 11 is 3.44. The lowest BCUT2D eigenvalue weighted by Gasteiger charge is -2.15. The first-order valence-corrected chi connectivity index (χ1v) is 6.62. The number of hydrogen-bond acceptors (Lipinski definition) is 3. The number of aromatic nitrogens is 2. The standard InChI is InChI=1S/C13H17BrN2O2/c1-13(2,17)5-4-9-7-16-8-10(14)11(18-3)6-12(16)15-9/h6-8,17H,4-5H2,1-3H3. The third-order valence-electron chi connectivity index (χ3n) is 2.77. The molecule has 0 unspecified atom stereocenters. The van der Waals surface area contributed by atoms with Crippen molar-refractivity contribution < 1.29 is 9.84 Å². The second-order valence-corrected chi connectivity index (χ2v) is 5.85. The van der Waals surface area contributed by atoms with Crippen molar-refractivity contribution >= 4 is 21.6 Å². The van der Waals surface area contributed by atoms with Gasteiger partial charge < -0.3 is 14.2 Å². The molecule has 0 aliphatic heterocycles. The van der Waals surface area contributed by atoms with Crippen molar-refractivity contribution in [1.29, 1.82) is 0 Å². The Morgan fingerprint density at radius 2 is 2.17 bits per heavy atom. The van der Waals surface area contributed by atoms with Gasteiger partial charge in [0.15, 0.2) is 0 Å². The van der Waals surface area contributed by atoms with Gasteiger partial charge in [-0.1, -0.05) is 0 Å². The Balaban J connectivity index is 2.27. The summed E-state index contributed by atoms with van der Waals surface area (Å²) in [6.45, 7) is 3.62. The van der Waals surface area contributed by atoms with E-state index < -0.39 is 5.60 Å². The first kappa shape index (κ1) is 13.4. The zero-order valence-corrected chi connectivity index (χ0v) is 12.4. The van der Waals surface area contributed by atoms with Gasteiger partial charge in [0.1, 0.15) is 11.4 Å². The molecule has 0 saturated heterocycles. The van der Waals surface area contributed by atoms with E-state index in [1.807, 2.05) is 36.7 Å². The molecule has 1 N–H and O–H groups in total. The lowest BCUT2D eigenvalue weighted by Crippen LogP contribution is -2.19. The largest absolute Gasteiger partial charge is 0.495 e. The molecule has 0 bridgehead atoms. The van der Waals surface area contributed by atoms with Crippen molar-refractivity contribution in [3.05, 3.63) is 28.6 Å². The minimum Gasteiger partial charge on any atom is -0.495 e. The highest BCUT2D eigenvalue weighted by atomic mass is 79.9. The summed E-state index contributed by atoms with van der Waals surface area (Å²) in [6, 6.07) is 1.89. The van der Waals surface area contributed by atoms with Gasteiger partial charge in [-0.25, -0.2) is 4.98 Å². The first-order valence-electron chi connectivity index (χ1n) is 5.82. The maximum Gasteiger partial charge on any atom is 0.140 e. The summed E-state index contributed by atoms with van der Waals surface area (Å²) in [5.74, 6) is 0.766. The van der Waals surface area contributed by atoms with E-state index in [0.717, 1.165) is 28.0 Å². The number of ether oxygens (including phenoxy) is 1. The summed E-state index contributed by atoms with van der Waals surface area (Å²) in [5, 5.41) is 9.72. The molecule has 2 aromatic heterocycles. The zero-order valence-electron chi connectivity index (χ0n) is 10.8. The number of aryl methyl sites for hydroxylation is 1. The predicted molar refractivity (Wildman–Crippen MR) is 74.1 cm³/mol. The molecule has 2 rings (SSSR count). The fourth-order valence-corrected chi connectivity index (χ4v) is 2.25. The van der Waals surface area contributed by atoms with Crippen LogP contribution in [0, 0.1) is 0 Å². The molecule has 2 heterocycles. The summed E-state index contributed by atoms with van der Waals surface area (Å²) in [7, 11) is 1.63. The van der Waals surface area contributed by atoms with Gasteiger partial charge in [0, 0.05) is 18.5 Å². The van der Waals surface area contributed by atoms with E-state index in [9.17, 15) is 5.11 Å². The third kappa shape index (κ3) is 3.03. The Kier molecular flexibility index (Phi) is 3.64. The topological polar surface area (TPSA) is 46.8 Å². The van der Waals surface area contributed by atoms with Crippen LogP contribution in [0.4, 0.5) is 0 Å². The van der Waals surface area contributed by atoms with Gasteiger partial charge in [0.2, 0.25) is 0 Å². The summed E-state index contributed by atoms with van der Waals surface area (Å²) < 4.78 is 8.08. The van der Waals surface area contributed by atoms with E-state index in [4.69, 9.17) is 4.74 Å². The number of nitrogens with zero attached hydrogens (tertiary/aromatic N) is 2. The Labute approximate surface area is 115 Å².